The Morgan fingerprint density at radius 3 is 2.61 bits per heavy atom. The zero-order chi connectivity index (χ0) is 20.3. The minimum atomic E-state index is -1.37. The molecule has 4 nitrogen and oxygen atoms in total. The number of aliphatic hydroxyl groups excluding tert-OH is 1. The zero-order valence-corrected chi connectivity index (χ0v) is 15.8. The third kappa shape index (κ3) is 4.16. The number of hydrogen-bond donors (Lipinski definition) is 2. The molecule has 0 amide bonds. The van der Waals surface area contributed by atoms with Crippen LogP contribution in [0.5, 0.6) is 0 Å². The SMILES string of the molecule is Cc1ccc(C(=N)C(C(=O)c2cccc(Cl)c2)C(O)c2cccnc2)c(F)c1. The molecule has 0 saturated heterocycles. The Kier molecular flexibility index (Phi) is 5.97. The average molecular weight is 397 g/mol. The van der Waals surface area contributed by atoms with Crippen molar-refractivity contribution in [2.24, 2.45) is 5.92 Å². The van der Waals surface area contributed by atoms with E-state index in [4.69, 9.17) is 17.0 Å². The molecule has 0 aliphatic rings. The van der Waals surface area contributed by atoms with Gasteiger partial charge in [0, 0.05) is 28.5 Å². The molecule has 1 heterocycles. The molecule has 6 heteroatoms. The summed E-state index contributed by atoms with van der Waals surface area (Å²) in [5, 5.41) is 19.8. The van der Waals surface area contributed by atoms with Gasteiger partial charge in [-0.05, 0) is 48.4 Å². The maximum absolute atomic E-state index is 14.5. The first-order valence-corrected chi connectivity index (χ1v) is 8.99. The van der Waals surface area contributed by atoms with Gasteiger partial charge in [-0.3, -0.25) is 9.78 Å². The quantitative estimate of drug-likeness (QED) is 0.465. The van der Waals surface area contributed by atoms with Crippen molar-refractivity contribution in [2.75, 3.05) is 0 Å². The van der Waals surface area contributed by atoms with Crippen LogP contribution >= 0.6 is 11.6 Å². The summed E-state index contributed by atoms with van der Waals surface area (Å²) in [6.45, 7) is 1.73. The number of rotatable bonds is 6. The van der Waals surface area contributed by atoms with Gasteiger partial charge in [-0.2, -0.15) is 0 Å². The number of Topliss-reactive ketones (excluding diaryl/α,β-unsaturated/α-hetero) is 1. The molecule has 2 atom stereocenters. The van der Waals surface area contributed by atoms with Crippen LogP contribution in [0.3, 0.4) is 0 Å². The van der Waals surface area contributed by atoms with Crippen LogP contribution in [0.2, 0.25) is 5.02 Å². The first-order valence-electron chi connectivity index (χ1n) is 8.61. The Hall–Kier alpha value is -2.89. The van der Waals surface area contributed by atoms with E-state index in [9.17, 15) is 14.3 Å². The largest absolute Gasteiger partial charge is 0.387 e. The molecular weight excluding hydrogens is 379 g/mol. The van der Waals surface area contributed by atoms with Crippen molar-refractivity contribution in [3.63, 3.8) is 0 Å². The second-order valence-electron chi connectivity index (χ2n) is 6.48. The van der Waals surface area contributed by atoms with Gasteiger partial charge in [0.15, 0.2) is 5.78 Å². The van der Waals surface area contributed by atoms with E-state index in [0.717, 1.165) is 0 Å². The van der Waals surface area contributed by atoms with Crippen molar-refractivity contribution in [2.45, 2.75) is 13.0 Å². The second kappa shape index (κ2) is 8.42. The third-order valence-corrected chi connectivity index (χ3v) is 4.69. The molecule has 0 saturated carbocycles. The zero-order valence-electron chi connectivity index (χ0n) is 15.1. The number of aryl methyl sites for hydroxylation is 1. The molecule has 28 heavy (non-hydrogen) atoms. The minimum Gasteiger partial charge on any atom is -0.387 e. The van der Waals surface area contributed by atoms with E-state index in [2.05, 4.69) is 4.98 Å². The summed E-state index contributed by atoms with van der Waals surface area (Å²) in [7, 11) is 0. The highest BCUT2D eigenvalue weighted by Crippen LogP contribution is 2.30. The van der Waals surface area contributed by atoms with E-state index in [1.54, 1.807) is 43.3 Å². The Morgan fingerprint density at radius 2 is 1.96 bits per heavy atom. The van der Waals surface area contributed by atoms with Crippen LogP contribution in [-0.4, -0.2) is 21.6 Å². The summed E-state index contributed by atoms with van der Waals surface area (Å²) in [6.07, 6.45) is 1.59. The van der Waals surface area contributed by atoms with Crippen LogP contribution < -0.4 is 0 Å². The van der Waals surface area contributed by atoms with Crippen molar-refractivity contribution >= 4 is 23.1 Å². The van der Waals surface area contributed by atoms with Gasteiger partial charge in [0.05, 0.1) is 17.7 Å². The fraction of sp³-hybridized carbons (Fsp3) is 0.136. The summed E-state index contributed by atoms with van der Waals surface area (Å²) in [5.41, 5.74) is 0.949. The highest BCUT2D eigenvalue weighted by molar-refractivity contribution is 6.31. The van der Waals surface area contributed by atoms with Gasteiger partial charge in [-0.25, -0.2) is 4.39 Å². The number of hydrogen-bond acceptors (Lipinski definition) is 4. The van der Waals surface area contributed by atoms with Crippen molar-refractivity contribution in [3.05, 3.63) is 100 Å². The van der Waals surface area contributed by atoms with E-state index in [-0.39, 0.29) is 16.8 Å². The van der Waals surface area contributed by atoms with Gasteiger partial charge in [0.1, 0.15) is 5.82 Å². The molecule has 2 unspecified atom stereocenters. The van der Waals surface area contributed by atoms with E-state index < -0.39 is 23.6 Å². The van der Waals surface area contributed by atoms with Crippen LogP contribution in [0.25, 0.3) is 0 Å². The molecule has 0 bridgehead atoms. The monoisotopic (exact) mass is 396 g/mol. The Labute approximate surface area is 167 Å². The van der Waals surface area contributed by atoms with Crippen LogP contribution in [0.4, 0.5) is 4.39 Å². The molecule has 0 radical (unpaired) electrons. The summed E-state index contributed by atoms with van der Waals surface area (Å²) in [4.78, 5) is 17.2. The fourth-order valence-electron chi connectivity index (χ4n) is 3.00. The van der Waals surface area contributed by atoms with Gasteiger partial charge in [-0.1, -0.05) is 35.9 Å². The normalized spacial score (nSPS) is 13.0. The Bertz CT molecular complexity index is 1020. The molecule has 2 aromatic carbocycles. The first-order chi connectivity index (χ1) is 13.4. The molecule has 3 aromatic rings. The molecule has 142 valence electrons. The minimum absolute atomic E-state index is 0.0334. The molecule has 0 aliphatic heterocycles. The van der Waals surface area contributed by atoms with E-state index in [1.807, 2.05) is 0 Å². The molecule has 3 rings (SSSR count). The number of aliphatic hydroxyl groups is 1. The molecular formula is C22H18ClFN2O2. The van der Waals surface area contributed by atoms with Crippen LogP contribution in [-0.2, 0) is 0 Å². The number of ketones is 1. The van der Waals surface area contributed by atoms with Gasteiger partial charge < -0.3 is 10.5 Å². The third-order valence-electron chi connectivity index (χ3n) is 4.46. The maximum atomic E-state index is 14.5. The summed E-state index contributed by atoms with van der Waals surface area (Å²) in [5.74, 6) is -2.46. The average Bonchev–Trinajstić information content (AvgIpc) is 2.68. The molecule has 2 N–H and O–H groups in total. The van der Waals surface area contributed by atoms with Crippen LogP contribution in [0, 0.1) is 24.1 Å². The van der Waals surface area contributed by atoms with Gasteiger partial charge in [0.2, 0.25) is 0 Å². The number of nitrogens with zero attached hydrogens (tertiary/aromatic N) is 1. The predicted octanol–water partition coefficient (Wildman–Crippen LogP) is 4.78. The highest BCUT2D eigenvalue weighted by atomic mass is 35.5. The molecule has 1 aromatic heterocycles. The summed E-state index contributed by atoms with van der Waals surface area (Å²) in [6, 6.07) is 13.9. The number of aromatic nitrogens is 1. The predicted molar refractivity (Wildman–Crippen MR) is 106 cm³/mol. The van der Waals surface area contributed by atoms with Crippen LogP contribution in [0.1, 0.15) is 33.2 Å². The number of carbonyl (C=O) groups excluding carboxylic acids is 1. The van der Waals surface area contributed by atoms with Crippen molar-refractivity contribution in [1.82, 2.24) is 4.98 Å². The van der Waals surface area contributed by atoms with Crippen molar-refractivity contribution in [3.8, 4) is 0 Å². The molecule has 0 aliphatic carbocycles. The Morgan fingerprint density at radius 1 is 1.18 bits per heavy atom. The highest BCUT2D eigenvalue weighted by Gasteiger charge is 2.34. The second-order valence-corrected chi connectivity index (χ2v) is 6.92. The lowest BCUT2D eigenvalue weighted by Crippen LogP contribution is -2.31. The van der Waals surface area contributed by atoms with Crippen LogP contribution in [0.15, 0.2) is 67.0 Å². The number of halogens is 2. The van der Waals surface area contributed by atoms with E-state index in [0.29, 0.717) is 16.1 Å². The fourth-order valence-corrected chi connectivity index (χ4v) is 3.19. The van der Waals surface area contributed by atoms with Crippen molar-refractivity contribution < 1.29 is 14.3 Å². The summed E-state index contributed by atoms with van der Waals surface area (Å²) < 4.78 is 14.5. The number of nitrogens with one attached hydrogen (secondary N) is 1. The topological polar surface area (TPSA) is 74.0 Å². The number of benzene rings is 2. The van der Waals surface area contributed by atoms with Gasteiger partial charge in [-0.15, -0.1) is 0 Å². The van der Waals surface area contributed by atoms with Gasteiger partial charge >= 0.3 is 0 Å². The smallest absolute Gasteiger partial charge is 0.174 e. The first kappa shape index (κ1) is 19.9. The standard InChI is InChI=1S/C22H18ClFN2O2/c1-13-7-8-17(18(24)10-13)20(25)19(22(28)15-5-3-9-26-12-15)21(27)14-4-2-6-16(23)11-14/h2-12,19,22,25,28H,1H3. The number of pyridine rings is 1. The molecule has 0 fully saturated rings. The molecule has 0 spiro atoms. The van der Waals surface area contributed by atoms with E-state index in [1.165, 1.54) is 30.6 Å². The number of carbonyl (C=O) groups is 1. The maximum Gasteiger partial charge on any atom is 0.174 e. The van der Waals surface area contributed by atoms with Crippen molar-refractivity contribution in [1.29, 1.82) is 5.41 Å². The van der Waals surface area contributed by atoms with Gasteiger partial charge in [0.25, 0.3) is 0 Å². The van der Waals surface area contributed by atoms with E-state index >= 15 is 0 Å². The Balaban J connectivity index is 2.08. The summed E-state index contributed by atoms with van der Waals surface area (Å²) >= 11 is 5.99. The lowest BCUT2D eigenvalue weighted by molar-refractivity contribution is 0.0793. The lowest BCUT2D eigenvalue weighted by atomic mass is 9.82. The lowest BCUT2D eigenvalue weighted by Gasteiger charge is -2.23.